The van der Waals surface area contributed by atoms with Gasteiger partial charge >= 0.3 is 0 Å². The maximum absolute atomic E-state index is 6.41. The van der Waals surface area contributed by atoms with Gasteiger partial charge in [0.05, 0.1) is 5.54 Å². The zero-order chi connectivity index (χ0) is 13.1. The van der Waals surface area contributed by atoms with Gasteiger partial charge in [0.2, 0.25) is 5.89 Å². The minimum atomic E-state index is -0.434. The lowest BCUT2D eigenvalue weighted by atomic mass is 9.89. The zero-order valence-electron chi connectivity index (χ0n) is 11.7. The molecule has 17 heavy (non-hydrogen) atoms. The second-order valence-corrected chi connectivity index (χ2v) is 5.83. The Morgan fingerprint density at radius 2 is 1.65 bits per heavy atom. The molecule has 0 amide bonds. The summed E-state index contributed by atoms with van der Waals surface area (Å²) in [6.45, 7) is 10.4. The Balaban J connectivity index is 3.00. The molecule has 0 aliphatic carbocycles. The molecule has 0 radical (unpaired) electrons. The van der Waals surface area contributed by atoms with E-state index in [-0.39, 0.29) is 5.41 Å². The van der Waals surface area contributed by atoms with Crippen LogP contribution in [0.2, 0.25) is 0 Å². The molecule has 0 spiro atoms. The highest BCUT2D eigenvalue weighted by Gasteiger charge is 2.33. The van der Waals surface area contributed by atoms with Crippen LogP contribution in [0.1, 0.15) is 72.0 Å². The predicted molar refractivity (Wildman–Crippen MR) is 68.7 cm³/mol. The van der Waals surface area contributed by atoms with E-state index in [1.165, 1.54) is 0 Å². The number of hydrogen-bond acceptors (Lipinski definition) is 4. The molecule has 0 saturated heterocycles. The summed E-state index contributed by atoms with van der Waals surface area (Å²) in [6.07, 6.45) is 3.83. The summed E-state index contributed by atoms with van der Waals surface area (Å²) in [5.74, 6) is 1.32. The molecule has 0 bridgehead atoms. The second kappa shape index (κ2) is 5.17. The number of nitrogens with two attached hydrogens (primary N) is 1. The molecule has 4 nitrogen and oxygen atoms in total. The quantitative estimate of drug-likeness (QED) is 0.857. The van der Waals surface area contributed by atoms with Gasteiger partial charge in [0.15, 0.2) is 5.82 Å². The third-order valence-corrected chi connectivity index (χ3v) is 2.91. The smallest absolute Gasteiger partial charge is 0.232 e. The highest BCUT2D eigenvalue weighted by atomic mass is 16.5. The molecule has 0 aromatic carbocycles. The molecule has 1 aromatic heterocycles. The molecule has 0 fully saturated rings. The first-order valence-electron chi connectivity index (χ1n) is 6.47. The Morgan fingerprint density at radius 1 is 1.12 bits per heavy atom. The molecule has 1 heterocycles. The van der Waals surface area contributed by atoms with Crippen LogP contribution in [-0.4, -0.2) is 10.1 Å². The van der Waals surface area contributed by atoms with Crippen LogP contribution >= 0.6 is 0 Å². The Labute approximate surface area is 104 Å². The van der Waals surface area contributed by atoms with Gasteiger partial charge in [-0.25, -0.2) is 0 Å². The fraction of sp³-hybridized carbons (Fsp3) is 0.846. The first kappa shape index (κ1) is 14.2. The SMILES string of the molecule is CCCC(N)(CCC)c1noc(C(C)(C)C)n1. The van der Waals surface area contributed by atoms with Crippen LogP contribution in [0.4, 0.5) is 0 Å². The molecule has 0 aliphatic rings. The molecule has 1 rings (SSSR count). The van der Waals surface area contributed by atoms with E-state index in [1.807, 2.05) is 0 Å². The summed E-state index contributed by atoms with van der Waals surface area (Å²) in [5.41, 5.74) is 5.86. The van der Waals surface area contributed by atoms with Crippen molar-refractivity contribution in [2.45, 2.75) is 71.3 Å². The Bertz CT molecular complexity index is 346. The van der Waals surface area contributed by atoms with Crippen molar-refractivity contribution in [2.24, 2.45) is 5.73 Å². The summed E-state index contributed by atoms with van der Waals surface area (Å²) in [5, 5.41) is 4.08. The molecule has 0 aliphatic heterocycles. The van der Waals surface area contributed by atoms with Gasteiger partial charge in [0, 0.05) is 5.41 Å². The van der Waals surface area contributed by atoms with Gasteiger partial charge in [-0.3, -0.25) is 0 Å². The molecule has 0 atom stereocenters. The fourth-order valence-electron chi connectivity index (χ4n) is 1.97. The van der Waals surface area contributed by atoms with Crippen LogP contribution in [0.15, 0.2) is 4.52 Å². The van der Waals surface area contributed by atoms with E-state index in [9.17, 15) is 0 Å². The van der Waals surface area contributed by atoms with Crippen molar-refractivity contribution in [1.82, 2.24) is 10.1 Å². The van der Waals surface area contributed by atoms with Crippen molar-refractivity contribution < 1.29 is 4.52 Å². The normalized spacial score (nSPS) is 13.1. The van der Waals surface area contributed by atoms with Gasteiger partial charge in [-0.2, -0.15) is 4.98 Å². The van der Waals surface area contributed by atoms with Crippen LogP contribution < -0.4 is 5.73 Å². The van der Waals surface area contributed by atoms with Gasteiger partial charge in [-0.15, -0.1) is 0 Å². The Morgan fingerprint density at radius 3 is 2.00 bits per heavy atom. The van der Waals surface area contributed by atoms with Crippen LogP contribution in [0.25, 0.3) is 0 Å². The highest BCUT2D eigenvalue weighted by molar-refractivity contribution is 5.07. The number of rotatable bonds is 5. The van der Waals surface area contributed by atoms with Crippen molar-refractivity contribution in [3.63, 3.8) is 0 Å². The van der Waals surface area contributed by atoms with E-state index in [0.29, 0.717) is 11.7 Å². The minimum Gasteiger partial charge on any atom is -0.339 e. The van der Waals surface area contributed by atoms with E-state index < -0.39 is 5.54 Å². The topological polar surface area (TPSA) is 64.9 Å². The zero-order valence-corrected chi connectivity index (χ0v) is 11.7. The average molecular weight is 239 g/mol. The van der Waals surface area contributed by atoms with Crippen LogP contribution in [-0.2, 0) is 11.0 Å². The molecular weight excluding hydrogens is 214 g/mol. The van der Waals surface area contributed by atoms with Gasteiger partial charge in [-0.1, -0.05) is 52.6 Å². The third-order valence-electron chi connectivity index (χ3n) is 2.91. The first-order chi connectivity index (χ1) is 7.83. The summed E-state index contributed by atoms with van der Waals surface area (Å²) in [6, 6.07) is 0. The summed E-state index contributed by atoms with van der Waals surface area (Å²) in [7, 11) is 0. The summed E-state index contributed by atoms with van der Waals surface area (Å²) >= 11 is 0. The van der Waals surface area contributed by atoms with Crippen LogP contribution in [0.5, 0.6) is 0 Å². The van der Waals surface area contributed by atoms with E-state index in [2.05, 4.69) is 44.8 Å². The predicted octanol–water partition coefficient (Wildman–Crippen LogP) is 3.12. The lowest BCUT2D eigenvalue weighted by Crippen LogP contribution is -2.37. The van der Waals surface area contributed by atoms with Gasteiger partial charge in [-0.05, 0) is 12.8 Å². The Hall–Kier alpha value is -0.900. The van der Waals surface area contributed by atoms with Gasteiger partial charge < -0.3 is 10.3 Å². The summed E-state index contributed by atoms with van der Waals surface area (Å²) < 4.78 is 5.33. The largest absolute Gasteiger partial charge is 0.339 e. The van der Waals surface area contributed by atoms with Crippen molar-refractivity contribution in [2.75, 3.05) is 0 Å². The van der Waals surface area contributed by atoms with E-state index >= 15 is 0 Å². The molecule has 98 valence electrons. The highest BCUT2D eigenvalue weighted by Crippen LogP contribution is 2.29. The molecule has 0 saturated carbocycles. The van der Waals surface area contributed by atoms with Gasteiger partial charge in [0.1, 0.15) is 0 Å². The maximum Gasteiger partial charge on any atom is 0.232 e. The standard InChI is InChI=1S/C13H25N3O/c1-6-8-13(14,9-7-2)10-15-11(17-16-10)12(3,4)5/h6-9,14H2,1-5H3. The number of nitrogens with zero attached hydrogens (tertiary/aromatic N) is 2. The number of aromatic nitrogens is 2. The van der Waals surface area contributed by atoms with Crippen LogP contribution in [0, 0.1) is 0 Å². The van der Waals surface area contributed by atoms with E-state index in [4.69, 9.17) is 10.3 Å². The Kier molecular flexibility index (Phi) is 4.31. The third kappa shape index (κ3) is 3.28. The monoisotopic (exact) mass is 239 g/mol. The van der Waals surface area contributed by atoms with Crippen molar-refractivity contribution in [3.8, 4) is 0 Å². The van der Waals surface area contributed by atoms with Crippen molar-refractivity contribution in [3.05, 3.63) is 11.7 Å². The van der Waals surface area contributed by atoms with Crippen molar-refractivity contribution >= 4 is 0 Å². The van der Waals surface area contributed by atoms with Gasteiger partial charge in [0.25, 0.3) is 0 Å². The molecular formula is C13H25N3O. The van der Waals surface area contributed by atoms with Crippen molar-refractivity contribution in [1.29, 1.82) is 0 Å². The number of hydrogen-bond donors (Lipinski definition) is 1. The fourth-order valence-corrected chi connectivity index (χ4v) is 1.97. The van der Waals surface area contributed by atoms with E-state index in [1.54, 1.807) is 0 Å². The molecule has 1 aromatic rings. The van der Waals surface area contributed by atoms with Crippen LogP contribution in [0.3, 0.4) is 0 Å². The summed E-state index contributed by atoms with van der Waals surface area (Å²) in [4.78, 5) is 4.49. The lowest BCUT2D eigenvalue weighted by molar-refractivity contribution is 0.298. The molecule has 0 unspecified atom stereocenters. The maximum atomic E-state index is 6.41. The van der Waals surface area contributed by atoms with E-state index in [0.717, 1.165) is 25.7 Å². The first-order valence-corrected chi connectivity index (χ1v) is 6.47. The lowest BCUT2D eigenvalue weighted by Gasteiger charge is -2.24. The minimum absolute atomic E-state index is 0.120. The second-order valence-electron chi connectivity index (χ2n) is 5.83. The average Bonchev–Trinajstić information content (AvgIpc) is 2.66. The molecule has 4 heteroatoms. The molecule has 2 N–H and O–H groups in total.